The number of primary amides is 1. The molecule has 9 heteroatoms. The number of nitrogens with zero attached hydrogens (tertiary/aromatic N) is 1. The summed E-state index contributed by atoms with van der Waals surface area (Å²) in [6, 6.07) is 5.07. The number of nitrogens with two attached hydrogens (primary N) is 1. The van der Waals surface area contributed by atoms with Gasteiger partial charge in [0.2, 0.25) is 21.8 Å². The van der Waals surface area contributed by atoms with E-state index in [0.717, 1.165) is 0 Å². The molecule has 1 fully saturated rings. The minimum atomic E-state index is -3.77. The molecule has 1 saturated heterocycles. The summed E-state index contributed by atoms with van der Waals surface area (Å²) in [7, 11) is -3.77. The predicted molar refractivity (Wildman–Crippen MR) is 85.2 cm³/mol. The number of rotatable bonds is 2. The maximum Gasteiger partial charge on any atom is 0.242 e. The predicted octanol–water partition coefficient (Wildman–Crippen LogP) is -0.0845. The first-order chi connectivity index (χ1) is 10.9. The van der Waals surface area contributed by atoms with E-state index in [1.54, 1.807) is 18.2 Å². The van der Waals surface area contributed by atoms with Crippen LogP contribution in [0.2, 0.25) is 0 Å². The molecule has 0 unspecified atom stereocenters. The normalized spacial score (nSPS) is 26.3. The van der Waals surface area contributed by atoms with Crippen molar-refractivity contribution in [3.63, 3.8) is 0 Å². The molecule has 23 heavy (non-hydrogen) atoms. The fourth-order valence-electron chi connectivity index (χ4n) is 2.90. The van der Waals surface area contributed by atoms with Gasteiger partial charge in [-0.1, -0.05) is 12.1 Å². The Hall–Kier alpha value is -1.58. The monoisotopic (exact) mass is 355 g/mol. The van der Waals surface area contributed by atoms with Gasteiger partial charge in [0, 0.05) is 17.2 Å². The molecule has 2 aliphatic heterocycles. The van der Waals surface area contributed by atoms with Crippen LogP contribution in [-0.2, 0) is 19.6 Å². The highest BCUT2D eigenvalue weighted by Crippen LogP contribution is 2.31. The van der Waals surface area contributed by atoms with Crippen molar-refractivity contribution in [3.05, 3.63) is 24.3 Å². The molecule has 2 atom stereocenters. The van der Waals surface area contributed by atoms with E-state index in [2.05, 4.69) is 4.72 Å². The first-order valence-corrected chi connectivity index (χ1v) is 9.71. The third kappa shape index (κ3) is 3.08. The molecule has 0 saturated carbocycles. The lowest BCUT2D eigenvalue weighted by Crippen LogP contribution is -2.53. The van der Waals surface area contributed by atoms with Gasteiger partial charge in [-0.05, 0) is 25.0 Å². The van der Waals surface area contributed by atoms with Gasteiger partial charge < -0.3 is 10.6 Å². The van der Waals surface area contributed by atoms with E-state index in [4.69, 9.17) is 5.73 Å². The van der Waals surface area contributed by atoms with Gasteiger partial charge in [0.05, 0.1) is 4.90 Å². The molecule has 1 aromatic rings. The number of hydrogen-bond acceptors (Lipinski definition) is 5. The SMILES string of the molecule is NC(=O)[C@@H]1CCCN1C(=O)[C@@H]1CSc2ccccc2S(=O)(=O)N1. The molecule has 3 rings (SSSR count). The molecule has 7 nitrogen and oxygen atoms in total. The zero-order chi connectivity index (χ0) is 16.6. The molecule has 0 spiro atoms. The highest BCUT2D eigenvalue weighted by Gasteiger charge is 2.39. The maximum atomic E-state index is 12.7. The largest absolute Gasteiger partial charge is 0.368 e. The summed E-state index contributed by atoms with van der Waals surface area (Å²) >= 11 is 1.31. The van der Waals surface area contributed by atoms with Gasteiger partial charge in [-0.25, -0.2) is 8.42 Å². The molecule has 0 aliphatic carbocycles. The fraction of sp³-hybridized carbons (Fsp3) is 0.429. The lowest BCUT2D eigenvalue weighted by Gasteiger charge is -2.26. The third-order valence-electron chi connectivity index (χ3n) is 4.00. The molecular weight excluding hydrogens is 338 g/mol. The summed E-state index contributed by atoms with van der Waals surface area (Å²) in [6.45, 7) is 0.419. The number of carbonyl (C=O) groups excluding carboxylic acids is 2. The number of benzene rings is 1. The summed E-state index contributed by atoms with van der Waals surface area (Å²) in [6.07, 6.45) is 1.21. The van der Waals surface area contributed by atoms with E-state index >= 15 is 0 Å². The number of thioether (sulfide) groups is 1. The first-order valence-electron chi connectivity index (χ1n) is 7.24. The lowest BCUT2D eigenvalue weighted by atomic mass is 10.2. The molecule has 2 heterocycles. The van der Waals surface area contributed by atoms with E-state index < -0.39 is 33.9 Å². The third-order valence-corrected chi connectivity index (χ3v) is 6.83. The van der Waals surface area contributed by atoms with E-state index in [0.29, 0.717) is 24.3 Å². The van der Waals surface area contributed by atoms with Crippen LogP contribution in [0.1, 0.15) is 12.8 Å². The van der Waals surface area contributed by atoms with Crippen molar-refractivity contribution >= 4 is 33.6 Å². The van der Waals surface area contributed by atoms with Crippen LogP contribution >= 0.6 is 11.8 Å². The van der Waals surface area contributed by atoms with Gasteiger partial charge >= 0.3 is 0 Å². The second-order valence-electron chi connectivity index (χ2n) is 5.52. The van der Waals surface area contributed by atoms with Gasteiger partial charge in [0.1, 0.15) is 12.1 Å². The smallest absolute Gasteiger partial charge is 0.242 e. The van der Waals surface area contributed by atoms with Gasteiger partial charge in [0.15, 0.2) is 0 Å². The number of carbonyl (C=O) groups is 2. The number of nitrogens with one attached hydrogen (secondary N) is 1. The van der Waals surface area contributed by atoms with E-state index in [1.807, 2.05) is 0 Å². The van der Waals surface area contributed by atoms with Crippen LogP contribution < -0.4 is 10.5 Å². The number of hydrogen-bond donors (Lipinski definition) is 2. The van der Waals surface area contributed by atoms with Crippen molar-refractivity contribution in [2.24, 2.45) is 5.73 Å². The van der Waals surface area contributed by atoms with Gasteiger partial charge in [-0.15, -0.1) is 11.8 Å². The Kier molecular flexibility index (Phi) is 4.35. The van der Waals surface area contributed by atoms with Crippen LogP contribution in [0, 0.1) is 0 Å². The Morgan fingerprint density at radius 3 is 2.78 bits per heavy atom. The molecule has 0 aromatic heterocycles. The molecule has 124 valence electrons. The van der Waals surface area contributed by atoms with E-state index in [1.165, 1.54) is 22.7 Å². The molecule has 1 aromatic carbocycles. The van der Waals surface area contributed by atoms with E-state index in [9.17, 15) is 18.0 Å². The lowest BCUT2D eigenvalue weighted by molar-refractivity contribution is -0.138. The number of fused-ring (bicyclic) bond motifs is 1. The summed E-state index contributed by atoms with van der Waals surface area (Å²) < 4.78 is 27.4. The molecular formula is C14H17N3O4S2. The summed E-state index contributed by atoms with van der Waals surface area (Å²) in [5, 5.41) is 0. The molecule has 2 aliphatic rings. The molecule has 0 bridgehead atoms. The summed E-state index contributed by atoms with van der Waals surface area (Å²) in [4.78, 5) is 26.3. The highest BCUT2D eigenvalue weighted by atomic mass is 32.2. The maximum absolute atomic E-state index is 12.7. The topological polar surface area (TPSA) is 110 Å². The van der Waals surface area contributed by atoms with Crippen LogP contribution in [0.4, 0.5) is 0 Å². The minimum absolute atomic E-state index is 0.174. The van der Waals surface area contributed by atoms with Crippen LogP contribution in [0.15, 0.2) is 34.1 Å². The summed E-state index contributed by atoms with van der Waals surface area (Å²) in [5.74, 6) is -0.671. The van der Waals surface area contributed by atoms with Crippen molar-refractivity contribution in [1.29, 1.82) is 0 Å². The van der Waals surface area contributed by atoms with Crippen molar-refractivity contribution < 1.29 is 18.0 Å². The van der Waals surface area contributed by atoms with Gasteiger partial charge in [-0.2, -0.15) is 4.72 Å². The second kappa shape index (κ2) is 6.14. The molecule has 2 amide bonds. The highest BCUT2D eigenvalue weighted by molar-refractivity contribution is 8.00. The van der Waals surface area contributed by atoms with Crippen LogP contribution in [0.3, 0.4) is 0 Å². The zero-order valence-corrected chi connectivity index (χ0v) is 13.9. The Balaban J connectivity index is 1.86. The number of sulfonamides is 1. The van der Waals surface area contributed by atoms with Crippen molar-refractivity contribution in [1.82, 2.24) is 9.62 Å². The Morgan fingerprint density at radius 2 is 2.04 bits per heavy atom. The molecule has 0 radical (unpaired) electrons. The Bertz CT molecular complexity index is 750. The van der Waals surface area contributed by atoms with Crippen LogP contribution in [0.5, 0.6) is 0 Å². The second-order valence-corrected chi connectivity index (χ2v) is 8.27. The first kappa shape index (κ1) is 16.3. The van der Waals surface area contributed by atoms with Crippen LogP contribution in [0.25, 0.3) is 0 Å². The number of likely N-dealkylation sites (tertiary alicyclic amines) is 1. The quantitative estimate of drug-likeness (QED) is 0.771. The zero-order valence-electron chi connectivity index (χ0n) is 12.3. The summed E-state index contributed by atoms with van der Waals surface area (Å²) in [5.41, 5.74) is 5.33. The minimum Gasteiger partial charge on any atom is -0.368 e. The average Bonchev–Trinajstić information content (AvgIpc) is 2.95. The van der Waals surface area contributed by atoms with Gasteiger partial charge in [0.25, 0.3) is 0 Å². The van der Waals surface area contributed by atoms with Crippen molar-refractivity contribution in [2.45, 2.75) is 34.7 Å². The standard InChI is InChI=1S/C14H17N3O4S2/c15-13(18)10-4-3-7-17(10)14(19)9-8-22-11-5-1-2-6-12(11)23(20,21)16-9/h1-2,5-6,9-10,16H,3-4,7-8H2,(H2,15,18)/t9-,10-/m0/s1. The average molecular weight is 355 g/mol. The molecule has 3 N–H and O–H groups in total. The number of amides is 2. The Morgan fingerprint density at radius 1 is 1.30 bits per heavy atom. The fourth-order valence-corrected chi connectivity index (χ4v) is 5.74. The van der Waals surface area contributed by atoms with E-state index in [-0.39, 0.29) is 10.6 Å². The Labute approximate surface area is 138 Å². The van der Waals surface area contributed by atoms with Crippen molar-refractivity contribution in [2.75, 3.05) is 12.3 Å². The van der Waals surface area contributed by atoms with Crippen molar-refractivity contribution in [3.8, 4) is 0 Å². The van der Waals surface area contributed by atoms with Gasteiger partial charge in [-0.3, -0.25) is 9.59 Å². The van der Waals surface area contributed by atoms with Crippen LogP contribution in [-0.4, -0.2) is 49.5 Å².